The fourth-order valence-corrected chi connectivity index (χ4v) is 5.61. The van der Waals surface area contributed by atoms with E-state index in [9.17, 15) is 18.9 Å². The van der Waals surface area contributed by atoms with E-state index < -0.39 is 31.1 Å². The number of hydrogen-bond acceptors (Lipinski definition) is 8. The van der Waals surface area contributed by atoms with Crippen molar-refractivity contribution in [1.29, 1.82) is 0 Å². The van der Waals surface area contributed by atoms with E-state index in [2.05, 4.69) is 0 Å². The van der Waals surface area contributed by atoms with Crippen LogP contribution in [0.2, 0.25) is 0 Å². The first-order chi connectivity index (χ1) is 14.8. The maximum absolute atomic E-state index is 13.0. The molecule has 0 bridgehead atoms. The predicted molar refractivity (Wildman–Crippen MR) is 118 cm³/mol. The summed E-state index contributed by atoms with van der Waals surface area (Å²) in [5, 5.41) is 0.151. The summed E-state index contributed by atoms with van der Waals surface area (Å²) in [6, 6.07) is 10.6. The van der Waals surface area contributed by atoms with Crippen LogP contribution in [0.5, 0.6) is 0 Å². The van der Waals surface area contributed by atoms with Crippen LogP contribution in [0.25, 0.3) is 10.2 Å². The topological polar surface area (TPSA) is 106 Å². The number of fused-ring (bicyclic) bond motifs is 1. The molecule has 0 N–H and O–H groups in total. The van der Waals surface area contributed by atoms with Gasteiger partial charge in [-0.1, -0.05) is 30.3 Å². The molecule has 0 unspecified atom stereocenters. The molecule has 1 aromatic carbocycles. The van der Waals surface area contributed by atoms with Crippen LogP contribution in [0.1, 0.15) is 29.1 Å². The molecule has 0 amide bonds. The highest BCUT2D eigenvalue weighted by molar-refractivity contribution is 7.52. The molecular formula is C20H23N2O7PS. The fourth-order valence-electron chi connectivity index (χ4n) is 2.99. The number of aromatic nitrogens is 2. The van der Waals surface area contributed by atoms with Crippen molar-refractivity contribution < 1.29 is 23.1 Å². The molecule has 0 atom stereocenters. The summed E-state index contributed by atoms with van der Waals surface area (Å²) in [4.78, 5) is 38.7. The molecule has 3 rings (SSSR count). The standard InChI is InChI=1S/C20H23N2O7PS/c1-4-28-30(26,29-5-2)13-22-17(23)15-11-16(31-18(15)21(3)20(22)25)19(24)27-12-14-9-7-6-8-10-14/h6-11H,4-5,12-13H2,1-3H3. The molecule has 11 heteroatoms. The van der Waals surface area contributed by atoms with Gasteiger partial charge in [0.05, 0.1) is 18.6 Å². The van der Waals surface area contributed by atoms with Crippen LogP contribution in [0.4, 0.5) is 0 Å². The largest absolute Gasteiger partial charge is 0.457 e. The van der Waals surface area contributed by atoms with Crippen LogP contribution in [0.3, 0.4) is 0 Å². The molecule has 0 radical (unpaired) electrons. The highest BCUT2D eigenvalue weighted by atomic mass is 32.1. The van der Waals surface area contributed by atoms with Crippen LogP contribution in [-0.2, 0) is 38.3 Å². The summed E-state index contributed by atoms with van der Waals surface area (Å²) in [6.07, 6.45) is -0.514. The second-order valence-corrected chi connectivity index (χ2v) is 9.61. The number of nitrogens with zero attached hydrogens (tertiary/aromatic N) is 2. The van der Waals surface area contributed by atoms with Crippen LogP contribution < -0.4 is 11.2 Å². The minimum Gasteiger partial charge on any atom is -0.457 e. The normalized spacial score (nSPS) is 11.7. The third kappa shape index (κ3) is 5.04. The zero-order valence-electron chi connectivity index (χ0n) is 17.4. The van der Waals surface area contributed by atoms with Crippen molar-refractivity contribution in [1.82, 2.24) is 9.13 Å². The first kappa shape index (κ1) is 23.1. The Balaban J connectivity index is 1.96. The van der Waals surface area contributed by atoms with Gasteiger partial charge in [0.2, 0.25) is 0 Å². The first-order valence-electron chi connectivity index (χ1n) is 9.62. The van der Waals surface area contributed by atoms with Crippen LogP contribution in [-0.4, -0.2) is 28.3 Å². The molecule has 166 valence electrons. The maximum atomic E-state index is 13.0. The molecule has 31 heavy (non-hydrogen) atoms. The second kappa shape index (κ2) is 9.74. The van der Waals surface area contributed by atoms with Gasteiger partial charge in [0.1, 0.15) is 22.6 Å². The molecule has 0 saturated heterocycles. The average Bonchev–Trinajstić information content (AvgIpc) is 3.21. The van der Waals surface area contributed by atoms with Gasteiger partial charge in [-0.3, -0.25) is 13.9 Å². The van der Waals surface area contributed by atoms with Crippen molar-refractivity contribution >= 4 is 35.1 Å². The molecule has 0 saturated carbocycles. The summed E-state index contributed by atoms with van der Waals surface area (Å²) in [5.41, 5.74) is -0.520. The smallest absolute Gasteiger partial charge is 0.350 e. The number of carbonyl (C=O) groups is 1. The summed E-state index contributed by atoms with van der Waals surface area (Å²) in [6.45, 7) is 3.57. The molecule has 0 aliphatic heterocycles. The predicted octanol–water partition coefficient (Wildman–Crippen LogP) is 3.34. The highest BCUT2D eigenvalue weighted by Crippen LogP contribution is 2.49. The average molecular weight is 466 g/mol. The van der Waals surface area contributed by atoms with E-state index in [-0.39, 0.29) is 30.1 Å². The van der Waals surface area contributed by atoms with E-state index >= 15 is 0 Å². The van der Waals surface area contributed by atoms with E-state index in [1.165, 1.54) is 17.7 Å². The SMILES string of the molecule is CCOP(=O)(Cn1c(=O)c2cc(C(=O)OCc3ccccc3)sc2n(C)c1=O)OCC. The van der Waals surface area contributed by atoms with E-state index in [4.69, 9.17) is 13.8 Å². The lowest BCUT2D eigenvalue weighted by Crippen LogP contribution is -2.38. The van der Waals surface area contributed by atoms with Crippen molar-refractivity contribution in [2.24, 2.45) is 7.05 Å². The third-order valence-corrected chi connectivity index (χ3v) is 7.51. The Kier molecular flexibility index (Phi) is 7.27. The Hall–Kier alpha value is -2.52. The van der Waals surface area contributed by atoms with Crippen molar-refractivity contribution in [3.8, 4) is 0 Å². The van der Waals surface area contributed by atoms with Gasteiger partial charge in [-0.15, -0.1) is 11.3 Å². The minimum atomic E-state index is -3.69. The van der Waals surface area contributed by atoms with Gasteiger partial charge >= 0.3 is 19.3 Å². The number of carbonyl (C=O) groups excluding carboxylic acids is 1. The number of thiophene rings is 1. The van der Waals surface area contributed by atoms with Gasteiger partial charge in [0.25, 0.3) is 5.56 Å². The number of hydrogen-bond donors (Lipinski definition) is 0. The third-order valence-electron chi connectivity index (χ3n) is 4.39. The van der Waals surface area contributed by atoms with Crippen LogP contribution in [0, 0.1) is 0 Å². The van der Waals surface area contributed by atoms with Crippen LogP contribution >= 0.6 is 18.9 Å². The van der Waals surface area contributed by atoms with Gasteiger partial charge in [-0.25, -0.2) is 14.2 Å². The number of esters is 1. The van der Waals surface area contributed by atoms with E-state index in [1.54, 1.807) is 13.8 Å². The number of ether oxygens (including phenoxy) is 1. The van der Waals surface area contributed by atoms with Gasteiger partial charge in [0, 0.05) is 7.05 Å². The molecule has 0 spiro atoms. The molecule has 3 aromatic rings. The monoisotopic (exact) mass is 466 g/mol. The number of aryl methyl sites for hydroxylation is 1. The fraction of sp³-hybridized carbons (Fsp3) is 0.350. The molecular weight excluding hydrogens is 443 g/mol. The van der Waals surface area contributed by atoms with Crippen molar-refractivity contribution in [2.45, 2.75) is 26.7 Å². The lowest BCUT2D eigenvalue weighted by molar-refractivity contribution is 0.0478. The Labute approximate surface area is 182 Å². The van der Waals surface area contributed by atoms with Crippen molar-refractivity contribution in [3.63, 3.8) is 0 Å². The Morgan fingerprint density at radius 2 is 1.74 bits per heavy atom. The van der Waals surface area contributed by atoms with Gasteiger partial charge in [-0.05, 0) is 25.5 Å². The maximum Gasteiger partial charge on any atom is 0.350 e. The zero-order valence-corrected chi connectivity index (χ0v) is 19.1. The van der Waals surface area contributed by atoms with Crippen LogP contribution in [0.15, 0.2) is 46.0 Å². The summed E-state index contributed by atoms with van der Waals surface area (Å²) in [5.74, 6) is -0.599. The summed E-state index contributed by atoms with van der Waals surface area (Å²) >= 11 is 0.986. The molecule has 0 aliphatic carbocycles. The lowest BCUT2D eigenvalue weighted by Gasteiger charge is -2.18. The minimum absolute atomic E-state index is 0.0863. The lowest BCUT2D eigenvalue weighted by atomic mass is 10.2. The van der Waals surface area contributed by atoms with E-state index in [0.29, 0.717) is 4.83 Å². The Morgan fingerprint density at radius 1 is 1.10 bits per heavy atom. The summed E-state index contributed by atoms with van der Waals surface area (Å²) < 4.78 is 30.6. The van der Waals surface area contributed by atoms with Gasteiger partial charge in [0.15, 0.2) is 0 Å². The van der Waals surface area contributed by atoms with E-state index in [0.717, 1.165) is 21.5 Å². The first-order valence-corrected chi connectivity index (χ1v) is 12.2. The molecule has 9 nitrogen and oxygen atoms in total. The molecule has 2 heterocycles. The quantitative estimate of drug-likeness (QED) is 0.352. The highest BCUT2D eigenvalue weighted by Gasteiger charge is 2.28. The second-order valence-electron chi connectivity index (χ2n) is 6.55. The Morgan fingerprint density at radius 3 is 2.35 bits per heavy atom. The molecule has 2 aromatic heterocycles. The van der Waals surface area contributed by atoms with E-state index in [1.807, 2.05) is 30.3 Å². The van der Waals surface area contributed by atoms with Gasteiger partial charge in [-0.2, -0.15) is 0 Å². The molecule has 0 aliphatic rings. The molecule has 0 fully saturated rings. The number of rotatable bonds is 9. The number of benzene rings is 1. The zero-order chi connectivity index (χ0) is 22.6. The summed E-state index contributed by atoms with van der Waals surface area (Å²) in [7, 11) is -2.21. The van der Waals surface area contributed by atoms with Crippen molar-refractivity contribution in [2.75, 3.05) is 13.2 Å². The Bertz CT molecular complexity index is 1240. The van der Waals surface area contributed by atoms with Gasteiger partial charge < -0.3 is 13.8 Å². The van der Waals surface area contributed by atoms with Crippen molar-refractivity contribution in [3.05, 3.63) is 67.7 Å².